The number of nitrogens with zero attached hydrogens (tertiary/aromatic N) is 2. The van der Waals surface area contributed by atoms with E-state index in [2.05, 4.69) is 152 Å². The Morgan fingerprint density at radius 1 is 0.611 bits per heavy atom. The fraction of sp³-hybridized carbons (Fsp3) is 0.333. The smallest absolute Gasteiger partial charge is 0.162 e. The number of hydrogen-bond donors (Lipinski definition) is 0. The van der Waals surface area contributed by atoms with Crippen molar-refractivity contribution in [3.63, 3.8) is 0 Å². The third kappa shape index (κ3) is 4.04. The van der Waals surface area contributed by atoms with E-state index in [1.165, 1.54) is 54.8 Å². The highest BCUT2D eigenvalue weighted by Gasteiger charge is 2.56. The minimum atomic E-state index is -2.67. The molecular formula is C33H42N2Si. The Kier molecular flexibility index (Phi) is 6.83. The van der Waals surface area contributed by atoms with Crippen LogP contribution in [0.15, 0.2) is 89.5 Å². The van der Waals surface area contributed by atoms with Crippen LogP contribution in [0.4, 0.5) is 11.4 Å². The van der Waals surface area contributed by atoms with Crippen molar-refractivity contribution in [3.05, 3.63) is 101 Å². The molecule has 0 heterocycles. The molecule has 0 fully saturated rings. The first kappa shape index (κ1) is 26.0. The predicted octanol–water partition coefficient (Wildman–Crippen LogP) is 5.96. The quantitative estimate of drug-likeness (QED) is 0.308. The molecule has 36 heavy (non-hydrogen) atoms. The fourth-order valence-corrected chi connectivity index (χ4v) is 12.6. The van der Waals surface area contributed by atoms with Gasteiger partial charge in [-0.3, -0.25) is 0 Å². The van der Waals surface area contributed by atoms with Crippen LogP contribution in [-0.4, -0.2) is 36.3 Å². The zero-order chi connectivity index (χ0) is 26.4. The average molecular weight is 495 g/mol. The van der Waals surface area contributed by atoms with E-state index in [-0.39, 0.29) is 5.04 Å². The second-order valence-electron chi connectivity index (χ2n) is 11.3. The lowest BCUT2D eigenvalue weighted by Gasteiger charge is -2.47. The van der Waals surface area contributed by atoms with Crippen LogP contribution in [0.3, 0.4) is 0 Å². The topological polar surface area (TPSA) is 6.48 Å². The second-order valence-corrected chi connectivity index (χ2v) is 15.6. The van der Waals surface area contributed by atoms with Crippen LogP contribution >= 0.6 is 0 Å². The number of benzene rings is 3. The largest absolute Gasteiger partial charge is 0.378 e. The molecule has 188 valence electrons. The summed E-state index contributed by atoms with van der Waals surface area (Å²) in [6.45, 7) is 14.0. The Morgan fingerprint density at radius 2 is 1.08 bits per heavy atom. The number of rotatable bonds is 6. The maximum atomic E-state index is 2.59. The molecule has 0 bridgehead atoms. The molecule has 3 aromatic carbocycles. The van der Waals surface area contributed by atoms with Crippen molar-refractivity contribution >= 4 is 35.0 Å². The van der Waals surface area contributed by atoms with Gasteiger partial charge in [-0.25, -0.2) is 0 Å². The van der Waals surface area contributed by atoms with Gasteiger partial charge < -0.3 is 9.80 Å². The van der Waals surface area contributed by atoms with Crippen LogP contribution in [0, 0.1) is 13.8 Å². The monoisotopic (exact) mass is 494 g/mol. The first-order valence-corrected chi connectivity index (χ1v) is 14.9. The lowest BCUT2D eigenvalue weighted by Crippen LogP contribution is -2.73. The van der Waals surface area contributed by atoms with E-state index in [0.29, 0.717) is 0 Å². The van der Waals surface area contributed by atoms with E-state index in [4.69, 9.17) is 0 Å². The Balaban J connectivity index is 2.26. The zero-order valence-corrected chi connectivity index (χ0v) is 24.8. The Labute approximate surface area is 220 Å². The molecule has 0 saturated carbocycles. The third-order valence-electron chi connectivity index (χ3n) is 8.46. The van der Waals surface area contributed by atoms with E-state index < -0.39 is 8.07 Å². The summed E-state index contributed by atoms with van der Waals surface area (Å²) in [6, 6.07) is 25.9. The van der Waals surface area contributed by atoms with Crippen molar-refractivity contribution in [1.29, 1.82) is 0 Å². The van der Waals surface area contributed by atoms with Crippen LogP contribution in [0.5, 0.6) is 0 Å². The third-order valence-corrected chi connectivity index (χ3v) is 14.0. The van der Waals surface area contributed by atoms with Gasteiger partial charge in [0.25, 0.3) is 0 Å². The van der Waals surface area contributed by atoms with Gasteiger partial charge in [-0.1, -0.05) is 77.7 Å². The van der Waals surface area contributed by atoms with Gasteiger partial charge >= 0.3 is 0 Å². The van der Waals surface area contributed by atoms with E-state index in [1.54, 1.807) is 0 Å². The Hall–Kier alpha value is -3.04. The van der Waals surface area contributed by atoms with Crippen molar-refractivity contribution in [3.8, 4) is 0 Å². The van der Waals surface area contributed by atoms with E-state index in [9.17, 15) is 0 Å². The van der Waals surface area contributed by atoms with Crippen molar-refractivity contribution in [2.45, 2.75) is 46.6 Å². The van der Waals surface area contributed by atoms with Crippen LogP contribution < -0.4 is 25.4 Å². The molecule has 0 N–H and O–H groups in total. The summed E-state index contributed by atoms with van der Waals surface area (Å²) in [6.07, 6.45) is 2.59. The van der Waals surface area contributed by atoms with Gasteiger partial charge in [0.05, 0.1) is 0 Å². The van der Waals surface area contributed by atoms with Gasteiger partial charge in [0.15, 0.2) is 8.07 Å². The molecule has 1 aliphatic carbocycles. The molecule has 3 aromatic rings. The lowest BCUT2D eigenvalue weighted by molar-refractivity contribution is 0.870. The van der Waals surface area contributed by atoms with Crippen molar-refractivity contribution < 1.29 is 0 Å². The zero-order valence-electron chi connectivity index (χ0n) is 23.8. The molecule has 0 spiro atoms. The summed E-state index contributed by atoms with van der Waals surface area (Å²) in [7, 11) is 5.90. The van der Waals surface area contributed by atoms with Gasteiger partial charge in [0.1, 0.15) is 0 Å². The van der Waals surface area contributed by atoms with E-state index >= 15 is 0 Å². The van der Waals surface area contributed by atoms with Crippen LogP contribution in [0.1, 0.15) is 38.8 Å². The highest BCUT2D eigenvalue weighted by molar-refractivity contribution is 7.14. The maximum Gasteiger partial charge on any atom is 0.162 e. The van der Waals surface area contributed by atoms with Crippen molar-refractivity contribution in [1.82, 2.24) is 0 Å². The molecule has 0 aliphatic heterocycles. The SMILES string of the molecule is CC1=CC(C)([Si](c2cc(C)cc(C)c2)(c2cccc(N(C)C)c2)c2cccc(N(C)C)c2)C(C)=C1C. The Bertz CT molecular complexity index is 1290. The fourth-order valence-electron chi connectivity index (χ4n) is 6.35. The van der Waals surface area contributed by atoms with Gasteiger partial charge in [0.2, 0.25) is 0 Å². The molecule has 2 nitrogen and oxygen atoms in total. The average Bonchev–Trinajstić information content (AvgIpc) is 3.02. The summed E-state index contributed by atoms with van der Waals surface area (Å²) >= 11 is 0. The summed E-state index contributed by atoms with van der Waals surface area (Å²) in [5.74, 6) is 0. The van der Waals surface area contributed by atoms with Crippen molar-refractivity contribution in [2.75, 3.05) is 38.0 Å². The first-order valence-electron chi connectivity index (χ1n) is 12.9. The standard InChI is InChI=1S/C33H42N2Si/c1-23-17-24(2)19-32(18-23)36(30-15-11-13-28(20-30)34(7)8,31-16-12-14-29(21-31)35(9)10)33(6)22-25(3)26(4)27(33)5/h11-22H,1-10H3. The molecule has 3 heteroatoms. The highest BCUT2D eigenvalue weighted by atomic mass is 28.3. The molecule has 0 saturated heterocycles. The number of hydrogen-bond acceptors (Lipinski definition) is 2. The normalized spacial score (nSPS) is 17.9. The lowest BCUT2D eigenvalue weighted by atomic mass is 10.0. The van der Waals surface area contributed by atoms with Gasteiger partial charge in [-0.2, -0.15) is 0 Å². The van der Waals surface area contributed by atoms with Gasteiger partial charge in [-0.05, 0) is 80.0 Å². The van der Waals surface area contributed by atoms with Crippen LogP contribution in [0.25, 0.3) is 0 Å². The molecule has 0 radical (unpaired) electrons. The van der Waals surface area contributed by atoms with Crippen LogP contribution in [0.2, 0.25) is 5.04 Å². The molecule has 1 aliphatic rings. The van der Waals surface area contributed by atoms with Crippen molar-refractivity contribution in [2.24, 2.45) is 0 Å². The number of aryl methyl sites for hydroxylation is 2. The van der Waals surface area contributed by atoms with Gasteiger partial charge in [-0.15, -0.1) is 0 Å². The molecule has 0 amide bonds. The second kappa shape index (κ2) is 9.44. The summed E-state index contributed by atoms with van der Waals surface area (Å²) < 4.78 is 0. The predicted molar refractivity (Wildman–Crippen MR) is 163 cm³/mol. The number of allylic oxidation sites excluding steroid dienone is 4. The first-order chi connectivity index (χ1) is 16.9. The molecule has 0 aromatic heterocycles. The maximum absolute atomic E-state index is 2.67. The minimum Gasteiger partial charge on any atom is -0.378 e. The summed E-state index contributed by atoms with van der Waals surface area (Å²) in [5, 5.41) is 4.27. The van der Waals surface area contributed by atoms with E-state index in [0.717, 1.165) is 0 Å². The minimum absolute atomic E-state index is 0.114. The molecule has 1 atom stereocenters. The molecule has 1 unspecified atom stereocenters. The summed E-state index contributed by atoms with van der Waals surface area (Å²) in [5.41, 5.74) is 9.49. The summed E-state index contributed by atoms with van der Waals surface area (Å²) in [4.78, 5) is 4.46. The molecule has 4 rings (SSSR count). The molecular weight excluding hydrogens is 452 g/mol. The Morgan fingerprint density at radius 3 is 1.47 bits per heavy atom. The van der Waals surface area contributed by atoms with Crippen LogP contribution in [-0.2, 0) is 0 Å². The van der Waals surface area contributed by atoms with E-state index in [1.807, 2.05) is 0 Å². The number of anilines is 2. The van der Waals surface area contributed by atoms with Gasteiger partial charge in [0, 0.05) is 44.6 Å². The highest BCUT2D eigenvalue weighted by Crippen LogP contribution is 2.53.